The lowest BCUT2D eigenvalue weighted by Gasteiger charge is -2.10. The molecule has 0 amide bonds. The molecule has 0 radical (unpaired) electrons. The standard InChI is InChI=1S/C15H17N3O2S/c1-21(19,20)18-15-5-3-2-4-11(15)14-7-6-10(9-17-14)12-8-13(12)16/h2-7,9,12-13,18H,8,16H2,1H3. The van der Waals surface area contributed by atoms with Gasteiger partial charge in [0.25, 0.3) is 0 Å². The van der Waals surface area contributed by atoms with Gasteiger partial charge in [0.2, 0.25) is 10.0 Å². The predicted molar refractivity (Wildman–Crippen MR) is 83.5 cm³/mol. The van der Waals surface area contributed by atoms with E-state index in [4.69, 9.17) is 5.73 Å². The van der Waals surface area contributed by atoms with Crippen LogP contribution in [0.1, 0.15) is 17.9 Å². The number of hydrogen-bond donors (Lipinski definition) is 2. The Morgan fingerprint density at radius 1 is 1.24 bits per heavy atom. The topological polar surface area (TPSA) is 85.1 Å². The van der Waals surface area contributed by atoms with Crippen molar-refractivity contribution in [3.8, 4) is 11.3 Å². The molecule has 5 nitrogen and oxygen atoms in total. The molecule has 3 rings (SSSR count). The maximum absolute atomic E-state index is 11.4. The van der Waals surface area contributed by atoms with Crippen LogP contribution in [0.3, 0.4) is 0 Å². The average molecular weight is 303 g/mol. The van der Waals surface area contributed by atoms with E-state index in [0.717, 1.165) is 29.5 Å². The molecule has 21 heavy (non-hydrogen) atoms. The highest BCUT2D eigenvalue weighted by Crippen LogP contribution is 2.39. The third kappa shape index (κ3) is 3.22. The van der Waals surface area contributed by atoms with E-state index < -0.39 is 10.0 Å². The number of rotatable bonds is 4. The van der Waals surface area contributed by atoms with Crippen LogP contribution in [0.2, 0.25) is 0 Å². The van der Waals surface area contributed by atoms with Crippen molar-refractivity contribution in [1.82, 2.24) is 4.98 Å². The molecular weight excluding hydrogens is 286 g/mol. The third-order valence-electron chi connectivity index (χ3n) is 3.55. The molecule has 1 aliphatic rings. The summed E-state index contributed by atoms with van der Waals surface area (Å²) in [6.45, 7) is 0. The summed E-state index contributed by atoms with van der Waals surface area (Å²) in [5.74, 6) is 0.413. The SMILES string of the molecule is CS(=O)(=O)Nc1ccccc1-c1ccc(C2CC2N)cn1. The molecule has 1 aromatic carbocycles. The lowest BCUT2D eigenvalue weighted by molar-refractivity contribution is 0.607. The van der Waals surface area contributed by atoms with Gasteiger partial charge < -0.3 is 5.73 Å². The first-order valence-corrected chi connectivity index (χ1v) is 8.62. The Balaban J connectivity index is 1.93. The van der Waals surface area contributed by atoms with Crippen molar-refractivity contribution in [3.63, 3.8) is 0 Å². The quantitative estimate of drug-likeness (QED) is 0.904. The summed E-state index contributed by atoms with van der Waals surface area (Å²) < 4.78 is 25.4. The van der Waals surface area contributed by atoms with Crippen LogP contribution in [0, 0.1) is 0 Å². The minimum absolute atomic E-state index is 0.247. The normalized spacial score (nSPS) is 21.0. The summed E-state index contributed by atoms with van der Waals surface area (Å²) in [4.78, 5) is 4.44. The van der Waals surface area contributed by atoms with Crippen molar-refractivity contribution < 1.29 is 8.42 Å². The average Bonchev–Trinajstić information content (AvgIpc) is 3.15. The number of nitrogens with two attached hydrogens (primary N) is 1. The highest BCUT2D eigenvalue weighted by atomic mass is 32.2. The van der Waals surface area contributed by atoms with Gasteiger partial charge in [0.15, 0.2) is 0 Å². The molecule has 3 N–H and O–H groups in total. The Morgan fingerprint density at radius 3 is 2.52 bits per heavy atom. The van der Waals surface area contributed by atoms with Crippen molar-refractivity contribution in [2.75, 3.05) is 11.0 Å². The van der Waals surface area contributed by atoms with Gasteiger partial charge in [-0.1, -0.05) is 24.3 Å². The van der Waals surface area contributed by atoms with E-state index in [0.29, 0.717) is 11.6 Å². The fourth-order valence-electron chi connectivity index (χ4n) is 2.38. The first-order valence-electron chi connectivity index (χ1n) is 6.73. The van der Waals surface area contributed by atoms with Crippen LogP contribution in [-0.4, -0.2) is 25.7 Å². The Morgan fingerprint density at radius 2 is 1.95 bits per heavy atom. The minimum atomic E-state index is -3.32. The van der Waals surface area contributed by atoms with Gasteiger partial charge in [-0.05, 0) is 24.1 Å². The molecule has 2 atom stereocenters. The zero-order chi connectivity index (χ0) is 15.0. The Kier molecular flexibility index (Phi) is 3.43. The predicted octanol–water partition coefficient (Wildman–Crippen LogP) is 1.93. The number of pyridine rings is 1. The van der Waals surface area contributed by atoms with Crippen molar-refractivity contribution in [1.29, 1.82) is 0 Å². The number of hydrogen-bond acceptors (Lipinski definition) is 4. The lowest BCUT2D eigenvalue weighted by atomic mass is 10.1. The van der Waals surface area contributed by atoms with E-state index in [1.807, 2.05) is 30.5 Å². The Bertz CT molecular complexity index is 757. The van der Waals surface area contributed by atoms with E-state index in [-0.39, 0.29) is 6.04 Å². The molecule has 1 saturated carbocycles. The molecule has 1 heterocycles. The molecule has 0 saturated heterocycles. The Labute approximate surface area is 124 Å². The monoisotopic (exact) mass is 303 g/mol. The van der Waals surface area contributed by atoms with Crippen LogP contribution in [0.25, 0.3) is 11.3 Å². The molecular formula is C15H17N3O2S. The van der Waals surface area contributed by atoms with Crippen LogP contribution in [0.15, 0.2) is 42.6 Å². The molecule has 0 bridgehead atoms. The highest BCUT2D eigenvalue weighted by molar-refractivity contribution is 7.92. The smallest absolute Gasteiger partial charge is 0.229 e. The molecule has 1 aromatic heterocycles. The fourth-order valence-corrected chi connectivity index (χ4v) is 2.95. The maximum atomic E-state index is 11.4. The molecule has 1 aliphatic carbocycles. The summed E-state index contributed by atoms with van der Waals surface area (Å²) in [6, 6.07) is 11.4. The molecule has 2 unspecified atom stereocenters. The zero-order valence-corrected chi connectivity index (χ0v) is 12.5. The summed E-state index contributed by atoms with van der Waals surface area (Å²) in [6.07, 6.45) is 3.96. The maximum Gasteiger partial charge on any atom is 0.229 e. The van der Waals surface area contributed by atoms with Gasteiger partial charge in [-0.25, -0.2) is 8.42 Å². The van der Waals surface area contributed by atoms with Gasteiger partial charge in [-0.3, -0.25) is 9.71 Å². The van der Waals surface area contributed by atoms with Gasteiger partial charge in [0.1, 0.15) is 0 Å². The highest BCUT2D eigenvalue weighted by Gasteiger charge is 2.34. The number of nitrogens with one attached hydrogen (secondary N) is 1. The van der Waals surface area contributed by atoms with Crippen LogP contribution < -0.4 is 10.5 Å². The number of para-hydroxylation sites is 1. The largest absolute Gasteiger partial charge is 0.327 e. The van der Waals surface area contributed by atoms with E-state index in [9.17, 15) is 8.42 Å². The first kappa shape index (κ1) is 14.0. The van der Waals surface area contributed by atoms with Gasteiger partial charge in [0, 0.05) is 23.7 Å². The first-order chi connectivity index (χ1) is 9.94. The van der Waals surface area contributed by atoms with Gasteiger partial charge in [-0.15, -0.1) is 0 Å². The van der Waals surface area contributed by atoms with Crippen LogP contribution in [0.5, 0.6) is 0 Å². The molecule has 6 heteroatoms. The minimum Gasteiger partial charge on any atom is -0.327 e. The Hall–Kier alpha value is -1.92. The van der Waals surface area contributed by atoms with Gasteiger partial charge in [-0.2, -0.15) is 0 Å². The van der Waals surface area contributed by atoms with Gasteiger partial charge >= 0.3 is 0 Å². The summed E-state index contributed by atoms with van der Waals surface area (Å²) in [5.41, 5.74) is 9.00. The van der Waals surface area contributed by atoms with Crippen molar-refractivity contribution >= 4 is 15.7 Å². The molecule has 110 valence electrons. The lowest BCUT2D eigenvalue weighted by Crippen LogP contribution is -2.10. The van der Waals surface area contributed by atoms with Crippen LogP contribution in [-0.2, 0) is 10.0 Å². The molecule has 0 aliphatic heterocycles. The molecule has 2 aromatic rings. The number of sulfonamides is 1. The van der Waals surface area contributed by atoms with Gasteiger partial charge in [0.05, 0.1) is 17.6 Å². The summed E-state index contributed by atoms with van der Waals surface area (Å²) in [5, 5.41) is 0. The second-order valence-corrected chi connectivity index (χ2v) is 7.15. The second-order valence-electron chi connectivity index (χ2n) is 5.40. The van der Waals surface area contributed by atoms with Crippen molar-refractivity contribution in [3.05, 3.63) is 48.2 Å². The number of nitrogens with zero attached hydrogens (tertiary/aromatic N) is 1. The van der Waals surface area contributed by atoms with E-state index >= 15 is 0 Å². The molecule has 1 fully saturated rings. The van der Waals surface area contributed by atoms with Crippen LogP contribution >= 0.6 is 0 Å². The fraction of sp³-hybridized carbons (Fsp3) is 0.267. The number of anilines is 1. The zero-order valence-electron chi connectivity index (χ0n) is 11.7. The summed E-state index contributed by atoms with van der Waals surface area (Å²) in [7, 11) is -3.32. The summed E-state index contributed by atoms with van der Waals surface area (Å²) >= 11 is 0. The van der Waals surface area contributed by atoms with Crippen molar-refractivity contribution in [2.24, 2.45) is 5.73 Å². The van der Waals surface area contributed by atoms with Crippen LogP contribution in [0.4, 0.5) is 5.69 Å². The second kappa shape index (κ2) is 5.13. The number of aromatic nitrogens is 1. The molecule has 0 spiro atoms. The van der Waals surface area contributed by atoms with Crippen molar-refractivity contribution in [2.45, 2.75) is 18.4 Å². The van der Waals surface area contributed by atoms with E-state index in [1.165, 1.54) is 0 Å². The number of benzene rings is 1. The van der Waals surface area contributed by atoms with E-state index in [2.05, 4.69) is 9.71 Å². The van der Waals surface area contributed by atoms with E-state index in [1.54, 1.807) is 12.1 Å². The third-order valence-corrected chi connectivity index (χ3v) is 4.14.